The molecule has 0 bridgehead atoms. The third-order valence-corrected chi connectivity index (χ3v) is 8.39. The number of nitrogens with zero attached hydrogens (tertiary/aromatic N) is 4. The van der Waals surface area contributed by atoms with Crippen molar-refractivity contribution in [1.29, 1.82) is 0 Å². The van der Waals surface area contributed by atoms with E-state index in [0.29, 0.717) is 34.2 Å². The molecule has 2 N–H and O–H groups in total. The minimum atomic E-state index is -0.680. The fraction of sp³-hybridized carbons (Fsp3) is 0.259. The number of para-hydroxylation sites is 1. The van der Waals surface area contributed by atoms with E-state index in [-0.39, 0.29) is 10.4 Å². The number of fused-ring (bicyclic) bond motifs is 1. The summed E-state index contributed by atoms with van der Waals surface area (Å²) in [6.07, 6.45) is -0.403. The monoisotopic (exact) mass is 502 g/mol. The molecule has 2 aromatic heterocycles. The number of ether oxygens (including phenoxy) is 1. The maximum atomic E-state index is 13.6. The van der Waals surface area contributed by atoms with Crippen LogP contribution in [0, 0.1) is 13.8 Å². The van der Waals surface area contributed by atoms with Crippen LogP contribution in [0.3, 0.4) is 0 Å². The number of aromatic nitrogens is 2. The molecule has 3 heterocycles. The number of likely N-dealkylation sites (N-methyl/N-ethyl adjacent to an activating group) is 1. The number of nitrogen functional groups attached to an aromatic ring is 1. The summed E-state index contributed by atoms with van der Waals surface area (Å²) in [6, 6.07) is 18.8. The third kappa shape index (κ3) is 3.63. The lowest BCUT2D eigenvalue weighted by atomic mass is 9.79. The van der Waals surface area contributed by atoms with Crippen LogP contribution in [0.2, 0.25) is 0 Å². The zero-order valence-corrected chi connectivity index (χ0v) is 21.5. The largest absolute Gasteiger partial charge is 0.521 e. The molecular weight excluding hydrogens is 474 g/mol. The normalized spacial score (nSPS) is 14.9. The van der Waals surface area contributed by atoms with E-state index in [1.807, 2.05) is 76.5 Å². The Morgan fingerprint density at radius 2 is 1.61 bits per heavy atom. The predicted molar refractivity (Wildman–Crippen MR) is 140 cm³/mol. The first-order valence-electron chi connectivity index (χ1n) is 11.6. The maximum absolute atomic E-state index is 13.6. The summed E-state index contributed by atoms with van der Waals surface area (Å²) >= 11 is 1.26. The standard InChI is InChI=1S/C27H27N5O3S/c1-17-18(2)29-30-24-21(17)22(28)23(36-24)25(33)31-15-27(16-31,19-11-7-5-8-12-19)32(3,4)26(34)35-20-13-9-6-10-14-20/h5-14H,15-16H2,1-4H3,(H-,28,33)/p+1. The molecule has 1 aliphatic heterocycles. The number of nitrogens with two attached hydrogens (primary N) is 1. The maximum Gasteiger partial charge on any atom is 0.521 e. The van der Waals surface area contributed by atoms with Gasteiger partial charge in [0.05, 0.1) is 38.6 Å². The van der Waals surface area contributed by atoms with E-state index in [1.165, 1.54) is 11.3 Å². The lowest BCUT2D eigenvalue weighted by Gasteiger charge is -2.55. The zero-order valence-electron chi connectivity index (χ0n) is 20.7. The first kappa shape index (κ1) is 23.9. The minimum absolute atomic E-state index is 0.0820. The molecular formula is C27H28N5O3S+. The molecule has 2 aromatic carbocycles. The van der Waals surface area contributed by atoms with Crippen molar-refractivity contribution in [1.82, 2.24) is 15.1 Å². The van der Waals surface area contributed by atoms with Crippen LogP contribution in [-0.2, 0) is 5.54 Å². The molecule has 0 aliphatic carbocycles. The van der Waals surface area contributed by atoms with Gasteiger partial charge in [-0.3, -0.25) is 4.79 Å². The number of amides is 2. The van der Waals surface area contributed by atoms with E-state index in [0.717, 1.165) is 22.2 Å². The highest BCUT2D eigenvalue weighted by Crippen LogP contribution is 2.44. The van der Waals surface area contributed by atoms with Gasteiger partial charge in [-0.25, -0.2) is 4.48 Å². The topological polar surface area (TPSA) is 98.4 Å². The highest BCUT2D eigenvalue weighted by molar-refractivity contribution is 7.21. The molecule has 0 radical (unpaired) electrons. The van der Waals surface area contributed by atoms with Crippen molar-refractivity contribution in [2.24, 2.45) is 0 Å². The Bertz CT molecular complexity index is 1460. The van der Waals surface area contributed by atoms with Gasteiger partial charge in [0, 0.05) is 10.9 Å². The van der Waals surface area contributed by atoms with Crippen LogP contribution in [0.5, 0.6) is 5.75 Å². The number of hydrogen-bond donors (Lipinski definition) is 1. The molecule has 1 aliphatic rings. The molecule has 8 nitrogen and oxygen atoms in total. The molecule has 0 atom stereocenters. The van der Waals surface area contributed by atoms with Crippen molar-refractivity contribution in [2.45, 2.75) is 19.4 Å². The van der Waals surface area contributed by atoms with Crippen LogP contribution in [-0.4, -0.2) is 58.8 Å². The van der Waals surface area contributed by atoms with Gasteiger partial charge in [0.25, 0.3) is 5.91 Å². The van der Waals surface area contributed by atoms with Crippen LogP contribution < -0.4 is 10.5 Å². The van der Waals surface area contributed by atoms with E-state index in [1.54, 1.807) is 17.0 Å². The number of hydrogen-bond acceptors (Lipinski definition) is 7. The molecule has 0 spiro atoms. The summed E-state index contributed by atoms with van der Waals surface area (Å²) in [5.41, 5.74) is 8.87. The summed E-state index contributed by atoms with van der Waals surface area (Å²) in [5.74, 6) is 0.310. The molecule has 0 unspecified atom stereocenters. The Hall–Kier alpha value is -3.82. The summed E-state index contributed by atoms with van der Waals surface area (Å²) in [4.78, 5) is 29.9. The summed E-state index contributed by atoms with van der Waals surface area (Å²) in [6.45, 7) is 4.48. The average molecular weight is 503 g/mol. The number of aryl methyl sites for hydroxylation is 2. The first-order chi connectivity index (χ1) is 17.2. The van der Waals surface area contributed by atoms with Crippen LogP contribution >= 0.6 is 11.3 Å². The Balaban J connectivity index is 1.47. The van der Waals surface area contributed by atoms with Gasteiger partial charge < -0.3 is 15.4 Å². The van der Waals surface area contributed by atoms with Gasteiger partial charge in [-0.15, -0.1) is 16.4 Å². The van der Waals surface area contributed by atoms with Crippen molar-refractivity contribution >= 4 is 39.2 Å². The van der Waals surface area contributed by atoms with Crippen LogP contribution in [0.15, 0.2) is 60.7 Å². The molecule has 0 saturated carbocycles. The van der Waals surface area contributed by atoms with Gasteiger partial charge in [-0.2, -0.15) is 9.89 Å². The molecule has 184 valence electrons. The minimum Gasteiger partial charge on any atom is -0.397 e. The number of benzene rings is 2. The lowest BCUT2D eigenvalue weighted by molar-refractivity contribution is -0.887. The molecule has 9 heteroatoms. The molecule has 2 amide bonds. The van der Waals surface area contributed by atoms with Gasteiger partial charge in [-0.05, 0) is 31.5 Å². The third-order valence-electron chi connectivity index (χ3n) is 7.31. The molecule has 1 saturated heterocycles. The SMILES string of the molecule is Cc1nnc2sc(C(=O)N3CC(c4ccccc4)([N+](C)(C)C(=O)Oc4ccccc4)C3)c(N)c2c1C. The average Bonchev–Trinajstić information content (AvgIpc) is 3.18. The predicted octanol–water partition coefficient (Wildman–Crippen LogP) is 4.52. The van der Waals surface area contributed by atoms with Gasteiger partial charge in [0.15, 0.2) is 5.54 Å². The second kappa shape index (κ2) is 8.69. The van der Waals surface area contributed by atoms with E-state index in [2.05, 4.69) is 10.2 Å². The quantitative estimate of drug-likeness (QED) is 0.412. The van der Waals surface area contributed by atoms with E-state index < -0.39 is 11.6 Å². The second-order valence-electron chi connectivity index (χ2n) is 9.63. The lowest BCUT2D eigenvalue weighted by Crippen LogP contribution is -2.76. The van der Waals surface area contributed by atoms with Crippen molar-refractivity contribution in [2.75, 3.05) is 32.9 Å². The second-order valence-corrected chi connectivity index (χ2v) is 10.6. The Morgan fingerprint density at radius 1 is 1.00 bits per heavy atom. The molecule has 5 rings (SSSR count). The fourth-order valence-corrected chi connectivity index (χ4v) is 5.83. The number of carbonyl (C=O) groups is 2. The van der Waals surface area contributed by atoms with Crippen LogP contribution in [0.1, 0.15) is 26.5 Å². The summed E-state index contributed by atoms with van der Waals surface area (Å²) in [5, 5.41) is 9.20. The zero-order chi connectivity index (χ0) is 25.7. The number of quaternary nitrogens is 1. The fourth-order valence-electron chi connectivity index (χ4n) is 4.76. The van der Waals surface area contributed by atoms with Crippen LogP contribution in [0.4, 0.5) is 10.5 Å². The van der Waals surface area contributed by atoms with Crippen molar-refractivity contribution < 1.29 is 18.8 Å². The number of carbonyl (C=O) groups excluding carboxylic acids is 2. The van der Waals surface area contributed by atoms with E-state index >= 15 is 0 Å². The Morgan fingerprint density at radius 3 is 2.25 bits per heavy atom. The smallest absolute Gasteiger partial charge is 0.397 e. The van der Waals surface area contributed by atoms with E-state index in [9.17, 15) is 9.59 Å². The number of anilines is 1. The van der Waals surface area contributed by atoms with E-state index in [4.69, 9.17) is 10.5 Å². The highest BCUT2D eigenvalue weighted by Gasteiger charge is 2.62. The summed E-state index contributed by atoms with van der Waals surface area (Å²) < 4.78 is 5.66. The molecule has 1 fully saturated rings. The van der Waals surface area contributed by atoms with Crippen LogP contribution in [0.25, 0.3) is 10.2 Å². The van der Waals surface area contributed by atoms with Gasteiger partial charge in [-0.1, -0.05) is 48.5 Å². The highest BCUT2D eigenvalue weighted by atomic mass is 32.1. The van der Waals surface area contributed by atoms with Gasteiger partial charge >= 0.3 is 6.09 Å². The van der Waals surface area contributed by atoms with Crippen molar-refractivity contribution in [3.8, 4) is 5.75 Å². The number of thiophene rings is 1. The summed E-state index contributed by atoms with van der Waals surface area (Å²) in [7, 11) is 3.66. The first-order valence-corrected chi connectivity index (χ1v) is 12.5. The van der Waals surface area contributed by atoms with Gasteiger partial charge in [0.2, 0.25) is 0 Å². The van der Waals surface area contributed by atoms with Gasteiger partial charge in [0.1, 0.15) is 15.5 Å². The Labute approximate surface area is 213 Å². The molecule has 36 heavy (non-hydrogen) atoms. The number of rotatable bonds is 4. The van der Waals surface area contributed by atoms with Crippen molar-refractivity contribution in [3.05, 3.63) is 82.4 Å². The molecule has 4 aromatic rings. The van der Waals surface area contributed by atoms with Crippen molar-refractivity contribution in [3.63, 3.8) is 0 Å². The Kier molecular flexibility index (Phi) is 5.77. The number of likely N-dealkylation sites (tertiary alicyclic amines) is 1.